The molecule has 94 valence electrons. The van der Waals surface area contributed by atoms with E-state index < -0.39 is 11.7 Å². The first-order valence-corrected chi connectivity index (χ1v) is 4.97. The molecule has 2 aromatic rings. The molecule has 0 atom stereocenters. The van der Waals surface area contributed by atoms with E-state index in [9.17, 15) is 13.2 Å². The number of nitrogens with two attached hydrogens (primary N) is 1. The fourth-order valence-corrected chi connectivity index (χ4v) is 1.36. The van der Waals surface area contributed by atoms with E-state index in [0.29, 0.717) is 23.6 Å². The van der Waals surface area contributed by atoms with Gasteiger partial charge in [-0.15, -0.1) is 0 Å². The standard InChI is InChI=1S/C11H9F3N4/c12-11(13,14)8(4-15)6-16-9-2-1-7-5-17-18-10(7)3-9/h1-6H,15H2,(H,17,18). The number of aromatic nitrogens is 2. The Morgan fingerprint density at radius 1 is 1.39 bits per heavy atom. The number of hydrogen-bond donors (Lipinski definition) is 2. The number of nitrogens with zero attached hydrogens (tertiary/aromatic N) is 2. The Hall–Kier alpha value is -2.31. The molecule has 18 heavy (non-hydrogen) atoms. The second-order valence-electron chi connectivity index (χ2n) is 3.52. The molecule has 0 aliphatic heterocycles. The summed E-state index contributed by atoms with van der Waals surface area (Å²) in [7, 11) is 0. The molecule has 0 amide bonds. The molecule has 3 N–H and O–H groups in total. The normalized spacial score (nSPS) is 13.6. The van der Waals surface area contributed by atoms with Gasteiger partial charge in [-0.1, -0.05) is 0 Å². The summed E-state index contributed by atoms with van der Waals surface area (Å²) in [5.41, 5.74) is 5.00. The largest absolute Gasteiger partial charge is 0.419 e. The predicted molar refractivity (Wildman–Crippen MR) is 62.6 cm³/mol. The summed E-state index contributed by atoms with van der Waals surface area (Å²) < 4.78 is 37.1. The van der Waals surface area contributed by atoms with Crippen molar-refractivity contribution in [3.63, 3.8) is 0 Å². The lowest BCUT2D eigenvalue weighted by atomic mass is 10.2. The van der Waals surface area contributed by atoms with Crippen molar-refractivity contribution >= 4 is 22.8 Å². The fourth-order valence-electron chi connectivity index (χ4n) is 1.36. The first kappa shape index (κ1) is 12.2. The lowest BCUT2D eigenvalue weighted by Crippen LogP contribution is -2.14. The van der Waals surface area contributed by atoms with Crippen molar-refractivity contribution in [2.45, 2.75) is 6.18 Å². The maximum absolute atomic E-state index is 12.4. The average Bonchev–Trinajstić information content (AvgIpc) is 2.75. The van der Waals surface area contributed by atoms with Crippen LogP contribution in [0.2, 0.25) is 0 Å². The van der Waals surface area contributed by atoms with Crippen LogP contribution in [0.15, 0.2) is 41.2 Å². The van der Waals surface area contributed by atoms with Crippen LogP contribution in [0.25, 0.3) is 10.9 Å². The number of H-pyrrole nitrogens is 1. The summed E-state index contributed by atoms with van der Waals surface area (Å²) in [5.74, 6) is 0. The number of hydrogen-bond acceptors (Lipinski definition) is 3. The Morgan fingerprint density at radius 3 is 2.83 bits per heavy atom. The van der Waals surface area contributed by atoms with Crippen molar-refractivity contribution in [2.24, 2.45) is 10.7 Å². The summed E-state index contributed by atoms with van der Waals surface area (Å²) in [6, 6.07) is 4.91. The minimum Gasteiger partial charge on any atom is -0.404 e. The average molecular weight is 254 g/mol. The lowest BCUT2D eigenvalue weighted by Gasteiger charge is -2.05. The zero-order valence-electron chi connectivity index (χ0n) is 9.07. The molecular weight excluding hydrogens is 245 g/mol. The van der Waals surface area contributed by atoms with Gasteiger partial charge in [0.2, 0.25) is 0 Å². The van der Waals surface area contributed by atoms with Crippen molar-refractivity contribution in [1.29, 1.82) is 0 Å². The van der Waals surface area contributed by atoms with E-state index in [1.807, 2.05) is 0 Å². The van der Waals surface area contributed by atoms with Gasteiger partial charge in [-0.3, -0.25) is 10.1 Å². The molecule has 4 nitrogen and oxygen atoms in total. The molecule has 2 rings (SSSR count). The smallest absolute Gasteiger partial charge is 0.404 e. The lowest BCUT2D eigenvalue weighted by molar-refractivity contribution is -0.0857. The summed E-state index contributed by atoms with van der Waals surface area (Å²) in [6.07, 6.45) is -1.71. The Morgan fingerprint density at radius 2 is 2.17 bits per heavy atom. The van der Waals surface area contributed by atoms with Crippen molar-refractivity contribution in [3.05, 3.63) is 36.2 Å². The monoisotopic (exact) mass is 254 g/mol. The zero-order valence-corrected chi connectivity index (χ0v) is 9.07. The van der Waals surface area contributed by atoms with Gasteiger partial charge in [0.25, 0.3) is 0 Å². The summed E-state index contributed by atoms with van der Waals surface area (Å²) in [6.45, 7) is 0. The van der Waals surface area contributed by atoms with Crippen LogP contribution < -0.4 is 5.73 Å². The zero-order chi connectivity index (χ0) is 13.2. The van der Waals surface area contributed by atoms with Crippen LogP contribution in [-0.2, 0) is 0 Å². The van der Waals surface area contributed by atoms with Gasteiger partial charge in [-0.25, -0.2) is 0 Å². The van der Waals surface area contributed by atoms with Crippen LogP contribution in [0.5, 0.6) is 0 Å². The van der Waals surface area contributed by atoms with E-state index in [1.54, 1.807) is 24.4 Å². The molecule has 0 aliphatic rings. The summed E-state index contributed by atoms with van der Waals surface area (Å²) >= 11 is 0. The van der Waals surface area contributed by atoms with E-state index in [-0.39, 0.29) is 0 Å². The van der Waals surface area contributed by atoms with Gasteiger partial charge in [0.15, 0.2) is 0 Å². The van der Waals surface area contributed by atoms with E-state index in [1.165, 1.54) is 0 Å². The molecular formula is C11H9F3N4. The van der Waals surface area contributed by atoms with Crippen LogP contribution >= 0.6 is 0 Å². The Bertz CT molecular complexity index is 610. The summed E-state index contributed by atoms with van der Waals surface area (Å²) in [4.78, 5) is 3.73. The molecule has 0 bridgehead atoms. The molecule has 1 heterocycles. The highest BCUT2D eigenvalue weighted by Gasteiger charge is 2.32. The highest BCUT2D eigenvalue weighted by Crippen LogP contribution is 2.25. The second kappa shape index (κ2) is 4.52. The van der Waals surface area contributed by atoms with Crippen molar-refractivity contribution in [1.82, 2.24) is 10.2 Å². The third kappa shape index (κ3) is 2.50. The van der Waals surface area contributed by atoms with E-state index in [4.69, 9.17) is 5.73 Å². The molecule has 0 saturated carbocycles. The highest BCUT2D eigenvalue weighted by atomic mass is 19.4. The molecule has 7 heteroatoms. The topological polar surface area (TPSA) is 67.1 Å². The van der Waals surface area contributed by atoms with Crippen molar-refractivity contribution in [3.8, 4) is 0 Å². The molecule has 1 aromatic heterocycles. The van der Waals surface area contributed by atoms with Crippen LogP contribution in [0.4, 0.5) is 18.9 Å². The quantitative estimate of drug-likeness (QED) is 0.809. The Kier molecular flexibility index (Phi) is 3.05. The van der Waals surface area contributed by atoms with Gasteiger partial charge >= 0.3 is 6.18 Å². The number of alkyl halides is 3. The third-order valence-corrected chi connectivity index (χ3v) is 2.29. The van der Waals surface area contributed by atoms with Gasteiger partial charge in [0.1, 0.15) is 0 Å². The minimum absolute atomic E-state index is 0.385. The van der Waals surface area contributed by atoms with Gasteiger partial charge in [-0.2, -0.15) is 18.3 Å². The highest BCUT2D eigenvalue weighted by molar-refractivity contribution is 5.85. The molecule has 0 unspecified atom stereocenters. The van der Waals surface area contributed by atoms with Crippen molar-refractivity contribution < 1.29 is 13.2 Å². The van der Waals surface area contributed by atoms with Crippen molar-refractivity contribution in [2.75, 3.05) is 0 Å². The SMILES string of the molecule is NC=C(C=Nc1ccc2cn[nH]c2c1)C(F)(F)F. The molecule has 0 spiro atoms. The molecule has 0 fully saturated rings. The minimum atomic E-state index is -4.50. The second-order valence-corrected chi connectivity index (χ2v) is 3.52. The Balaban J connectivity index is 2.27. The third-order valence-electron chi connectivity index (χ3n) is 2.29. The van der Waals surface area contributed by atoms with Crippen LogP contribution in [0.3, 0.4) is 0 Å². The number of fused-ring (bicyclic) bond motifs is 1. The number of halogens is 3. The first-order chi connectivity index (χ1) is 8.50. The van der Waals surface area contributed by atoms with Crippen LogP contribution in [-0.4, -0.2) is 22.6 Å². The number of aliphatic imine (C=N–C) groups is 1. The predicted octanol–water partition coefficient (Wildman–Crippen LogP) is 2.67. The van der Waals surface area contributed by atoms with E-state index in [2.05, 4.69) is 15.2 Å². The Labute approximate surface area is 100 Å². The van der Waals surface area contributed by atoms with Gasteiger partial charge in [0.05, 0.1) is 23.0 Å². The van der Waals surface area contributed by atoms with Gasteiger partial charge in [-0.05, 0) is 18.2 Å². The van der Waals surface area contributed by atoms with Crippen LogP contribution in [0.1, 0.15) is 0 Å². The van der Waals surface area contributed by atoms with E-state index >= 15 is 0 Å². The molecule has 0 radical (unpaired) electrons. The van der Waals surface area contributed by atoms with Crippen LogP contribution in [0, 0.1) is 0 Å². The maximum atomic E-state index is 12.4. The number of rotatable bonds is 2. The van der Waals surface area contributed by atoms with E-state index in [0.717, 1.165) is 5.39 Å². The molecule has 1 aromatic carbocycles. The number of aromatic amines is 1. The van der Waals surface area contributed by atoms with Gasteiger partial charge < -0.3 is 5.73 Å². The number of benzene rings is 1. The molecule has 0 saturated heterocycles. The number of nitrogens with one attached hydrogen (secondary N) is 1. The van der Waals surface area contributed by atoms with Gasteiger partial charge in [0, 0.05) is 17.8 Å². The fraction of sp³-hybridized carbons (Fsp3) is 0.0909. The molecule has 0 aliphatic carbocycles. The first-order valence-electron chi connectivity index (χ1n) is 4.97. The summed E-state index contributed by atoms with van der Waals surface area (Å²) in [5, 5.41) is 7.37. The number of allylic oxidation sites excluding steroid dienone is 1. The maximum Gasteiger partial charge on any atom is 0.419 e.